The summed E-state index contributed by atoms with van der Waals surface area (Å²) in [5, 5.41) is 0. The second kappa shape index (κ2) is 9.62. The molecule has 2 heteroatoms. The van der Waals surface area contributed by atoms with Crippen molar-refractivity contribution in [2.75, 3.05) is 13.2 Å². The van der Waals surface area contributed by atoms with Gasteiger partial charge >= 0.3 is 0 Å². The third kappa shape index (κ3) is 9.03. The van der Waals surface area contributed by atoms with Gasteiger partial charge in [0.05, 0.1) is 0 Å². The average Bonchev–Trinajstić information content (AvgIpc) is 1.69. The molecule has 0 saturated heterocycles. The van der Waals surface area contributed by atoms with Crippen LogP contribution in [-0.4, -0.2) is 13.2 Å². The number of hydrogen-bond acceptors (Lipinski definition) is 1. The molecular formula is C6H7ClO. The van der Waals surface area contributed by atoms with Gasteiger partial charge in [0.25, 0.3) is 0 Å². The molecule has 0 radical (unpaired) electrons. The quantitative estimate of drug-likeness (QED) is 0.395. The van der Waals surface area contributed by atoms with Gasteiger partial charge in [-0.05, 0) is 0 Å². The van der Waals surface area contributed by atoms with Gasteiger partial charge in [-0.1, -0.05) is 11.8 Å². The first-order valence-corrected chi connectivity index (χ1v) is 1.86. The number of halogens is 1. The number of hydrogen-bond donors (Lipinski definition) is 0. The van der Waals surface area contributed by atoms with Crippen LogP contribution in [0.4, 0.5) is 0 Å². The lowest BCUT2D eigenvalue weighted by Crippen LogP contribution is -1.89. The minimum absolute atomic E-state index is 0. The molecule has 0 aliphatic rings. The van der Waals surface area contributed by atoms with Crippen LogP contribution in [0, 0.1) is 24.7 Å². The summed E-state index contributed by atoms with van der Waals surface area (Å²) in [6.07, 6.45) is 9.65. The Morgan fingerprint density at radius 1 is 1.12 bits per heavy atom. The second-order valence-electron chi connectivity index (χ2n) is 0.901. The normalized spacial score (nSPS) is 5.75. The SMILES string of the molecule is C#CCOCC#C.Cl. The van der Waals surface area contributed by atoms with E-state index >= 15 is 0 Å². The molecule has 0 aliphatic carbocycles. The lowest BCUT2D eigenvalue weighted by molar-refractivity contribution is 0.205. The van der Waals surface area contributed by atoms with Crippen LogP contribution in [0.15, 0.2) is 0 Å². The van der Waals surface area contributed by atoms with Gasteiger partial charge in [-0.25, -0.2) is 0 Å². The molecule has 0 spiro atoms. The zero-order valence-electron chi connectivity index (χ0n) is 4.39. The second-order valence-corrected chi connectivity index (χ2v) is 0.901. The van der Waals surface area contributed by atoms with E-state index in [0.29, 0.717) is 13.2 Å². The van der Waals surface area contributed by atoms with Crippen molar-refractivity contribution in [3.8, 4) is 24.7 Å². The number of terminal acetylenes is 2. The van der Waals surface area contributed by atoms with Gasteiger partial charge in [-0.15, -0.1) is 25.3 Å². The minimum atomic E-state index is 0. The van der Waals surface area contributed by atoms with Gasteiger partial charge in [0.1, 0.15) is 13.2 Å². The fourth-order valence-electron chi connectivity index (χ4n) is 0.169. The van der Waals surface area contributed by atoms with Crippen molar-refractivity contribution in [1.82, 2.24) is 0 Å². The first-order chi connectivity index (χ1) is 3.41. The van der Waals surface area contributed by atoms with Crippen LogP contribution < -0.4 is 0 Å². The predicted octanol–water partition coefficient (Wildman–Crippen LogP) is 0.691. The summed E-state index contributed by atoms with van der Waals surface area (Å²) in [7, 11) is 0. The lowest BCUT2D eigenvalue weighted by Gasteiger charge is -1.86. The van der Waals surface area contributed by atoms with E-state index in [1.165, 1.54) is 0 Å². The summed E-state index contributed by atoms with van der Waals surface area (Å²) in [5.74, 6) is 4.57. The Balaban J connectivity index is 0. The highest BCUT2D eigenvalue weighted by molar-refractivity contribution is 5.85. The summed E-state index contributed by atoms with van der Waals surface area (Å²) in [6.45, 7) is 0.619. The number of rotatable bonds is 2. The van der Waals surface area contributed by atoms with Gasteiger partial charge in [0, 0.05) is 0 Å². The fraction of sp³-hybridized carbons (Fsp3) is 0.333. The van der Waals surface area contributed by atoms with Crippen molar-refractivity contribution in [3.05, 3.63) is 0 Å². The van der Waals surface area contributed by atoms with Crippen molar-refractivity contribution >= 4 is 12.4 Å². The van der Waals surface area contributed by atoms with Crippen LogP contribution in [0.3, 0.4) is 0 Å². The molecular weight excluding hydrogens is 124 g/mol. The van der Waals surface area contributed by atoms with Gasteiger partial charge in [0.2, 0.25) is 0 Å². The molecule has 0 rings (SSSR count). The monoisotopic (exact) mass is 130 g/mol. The summed E-state index contributed by atoms with van der Waals surface area (Å²) in [5.41, 5.74) is 0. The third-order valence-electron chi connectivity index (χ3n) is 0.371. The summed E-state index contributed by atoms with van der Waals surface area (Å²) in [4.78, 5) is 0. The molecule has 0 amide bonds. The molecule has 0 aromatic rings. The summed E-state index contributed by atoms with van der Waals surface area (Å²) in [6, 6.07) is 0. The molecule has 0 heterocycles. The molecule has 0 aromatic carbocycles. The molecule has 0 unspecified atom stereocenters. The largest absolute Gasteiger partial charge is 0.356 e. The highest BCUT2D eigenvalue weighted by Crippen LogP contribution is 1.65. The minimum Gasteiger partial charge on any atom is -0.356 e. The zero-order valence-corrected chi connectivity index (χ0v) is 5.20. The Hall–Kier alpha value is -0.630. The lowest BCUT2D eigenvalue weighted by atomic mass is 10.7. The van der Waals surface area contributed by atoms with Crippen LogP contribution in [0.5, 0.6) is 0 Å². The topological polar surface area (TPSA) is 9.23 Å². The summed E-state index contributed by atoms with van der Waals surface area (Å²) < 4.78 is 4.66. The van der Waals surface area contributed by atoms with E-state index in [0.717, 1.165) is 0 Å². The highest BCUT2D eigenvalue weighted by Gasteiger charge is 1.71. The van der Waals surface area contributed by atoms with Crippen molar-refractivity contribution < 1.29 is 4.74 Å². The fourth-order valence-corrected chi connectivity index (χ4v) is 0.169. The van der Waals surface area contributed by atoms with Crippen molar-refractivity contribution in [2.24, 2.45) is 0 Å². The predicted molar refractivity (Wildman–Crippen MR) is 35.7 cm³/mol. The highest BCUT2D eigenvalue weighted by atomic mass is 35.5. The molecule has 0 aromatic heterocycles. The van der Waals surface area contributed by atoms with Gasteiger partial charge in [-0.2, -0.15) is 0 Å². The first kappa shape index (κ1) is 10.4. The molecule has 8 heavy (non-hydrogen) atoms. The van der Waals surface area contributed by atoms with Crippen molar-refractivity contribution in [2.45, 2.75) is 0 Å². The first-order valence-electron chi connectivity index (χ1n) is 1.86. The van der Waals surface area contributed by atoms with Crippen LogP contribution in [-0.2, 0) is 4.74 Å². The molecule has 44 valence electrons. The van der Waals surface area contributed by atoms with Crippen LogP contribution in [0.1, 0.15) is 0 Å². The van der Waals surface area contributed by atoms with Crippen LogP contribution in [0.2, 0.25) is 0 Å². The summed E-state index contributed by atoms with van der Waals surface area (Å²) >= 11 is 0. The van der Waals surface area contributed by atoms with Gasteiger partial charge in [0.15, 0.2) is 0 Å². The van der Waals surface area contributed by atoms with E-state index in [4.69, 9.17) is 12.8 Å². The van der Waals surface area contributed by atoms with E-state index in [-0.39, 0.29) is 12.4 Å². The maximum atomic E-state index is 4.83. The maximum Gasteiger partial charge on any atom is 0.108 e. The van der Waals surface area contributed by atoms with Crippen molar-refractivity contribution in [1.29, 1.82) is 0 Å². The van der Waals surface area contributed by atoms with E-state index in [1.54, 1.807) is 0 Å². The molecule has 0 saturated carbocycles. The molecule has 0 bridgehead atoms. The van der Waals surface area contributed by atoms with E-state index < -0.39 is 0 Å². The Bertz CT molecular complexity index is 92.7. The average molecular weight is 131 g/mol. The molecule has 1 nitrogen and oxygen atoms in total. The Morgan fingerprint density at radius 2 is 1.50 bits per heavy atom. The van der Waals surface area contributed by atoms with Crippen LogP contribution in [0.25, 0.3) is 0 Å². The van der Waals surface area contributed by atoms with Crippen LogP contribution >= 0.6 is 12.4 Å². The Kier molecular flexibility index (Phi) is 12.5. The van der Waals surface area contributed by atoms with Gasteiger partial charge in [-0.3, -0.25) is 0 Å². The number of ether oxygens (including phenoxy) is 1. The Morgan fingerprint density at radius 3 is 1.75 bits per heavy atom. The van der Waals surface area contributed by atoms with Crippen molar-refractivity contribution in [3.63, 3.8) is 0 Å². The van der Waals surface area contributed by atoms with Gasteiger partial charge < -0.3 is 4.74 Å². The smallest absolute Gasteiger partial charge is 0.108 e. The van der Waals surface area contributed by atoms with E-state index in [1.807, 2.05) is 0 Å². The van der Waals surface area contributed by atoms with E-state index in [2.05, 4.69) is 16.6 Å². The molecule has 0 N–H and O–H groups in total. The maximum absolute atomic E-state index is 4.83. The third-order valence-corrected chi connectivity index (χ3v) is 0.371. The standard InChI is InChI=1S/C6H6O.ClH/c1-3-5-7-6-4-2;/h1-2H,5-6H2;1H. The Labute approximate surface area is 55.8 Å². The van der Waals surface area contributed by atoms with E-state index in [9.17, 15) is 0 Å². The molecule has 0 atom stereocenters. The zero-order chi connectivity index (χ0) is 5.54. The molecule has 0 aliphatic heterocycles. The molecule has 0 fully saturated rings.